The summed E-state index contributed by atoms with van der Waals surface area (Å²) in [6, 6.07) is 0. The summed E-state index contributed by atoms with van der Waals surface area (Å²) in [6.07, 6.45) is 3.87. The van der Waals surface area contributed by atoms with Crippen LogP contribution in [0, 0.1) is 0 Å². The number of halogens is 1. The molecule has 1 heterocycles. The monoisotopic (exact) mass is 161 g/mol. The van der Waals surface area contributed by atoms with Gasteiger partial charge in [0.2, 0.25) is 0 Å². The Morgan fingerprint density at radius 1 is 1.71 bits per heavy atom. The first-order chi connectivity index (χ1) is 2.89. The Bertz CT molecular complexity index is 105. The Morgan fingerprint density at radius 2 is 2.43 bits per heavy atom. The molecule has 1 nitrogen and oxygen atoms in total. The van der Waals surface area contributed by atoms with Crippen LogP contribution in [0.4, 0.5) is 0 Å². The van der Waals surface area contributed by atoms with Crippen LogP contribution in [0.25, 0.3) is 0 Å². The first-order valence-corrected chi connectivity index (χ1v) is 2.05. The van der Waals surface area contributed by atoms with Crippen molar-refractivity contribution < 1.29 is 0 Å². The second kappa shape index (κ2) is 2.97. The molecule has 40 valence electrons. The third-order valence-corrected chi connectivity index (χ3v) is 0.805. The minimum atomic E-state index is 0. The Morgan fingerprint density at radius 3 is 2.57 bits per heavy atom. The molecule has 2 heteroatoms. The lowest BCUT2D eigenvalue weighted by Crippen LogP contribution is -1.70. The summed E-state index contributed by atoms with van der Waals surface area (Å²) >= 11 is 0. The Balaban J connectivity index is 0.000000360. The molecule has 1 rings (SSSR count). The van der Waals surface area contributed by atoms with Gasteiger partial charge in [-0.25, -0.2) is 0 Å². The van der Waals surface area contributed by atoms with Crippen molar-refractivity contribution in [2.75, 3.05) is 6.54 Å². The molecule has 0 saturated carbocycles. The van der Waals surface area contributed by atoms with E-state index < -0.39 is 0 Å². The second-order valence-electron chi connectivity index (χ2n) is 1.50. The number of allylic oxidation sites excluding steroid dienone is 1. The summed E-state index contributed by atoms with van der Waals surface area (Å²) in [6.45, 7) is 2.99. The molecule has 0 bridgehead atoms. The van der Waals surface area contributed by atoms with Gasteiger partial charge in [0.15, 0.2) is 0 Å². The lowest BCUT2D eigenvalue weighted by atomic mass is 10.3. The molecular weight excluding hydrogens is 154 g/mol. The number of rotatable bonds is 0. The number of hydrogen-bond acceptors (Lipinski definition) is 1. The lowest BCUT2D eigenvalue weighted by Gasteiger charge is -1.77. The van der Waals surface area contributed by atoms with Crippen molar-refractivity contribution in [1.29, 1.82) is 0 Å². The number of aliphatic imine (C=N–C) groups is 1. The van der Waals surface area contributed by atoms with Crippen LogP contribution in [0.2, 0.25) is 0 Å². The highest BCUT2D eigenvalue weighted by atomic mass is 79.9. The summed E-state index contributed by atoms with van der Waals surface area (Å²) in [5.41, 5.74) is 1.36. The van der Waals surface area contributed by atoms with E-state index in [0.717, 1.165) is 6.54 Å². The quantitative estimate of drug-likeness (QED) is 0.512. The number of nitrogens with zero attached hydrogens (tertiary/aromatic N) is 1. The van der Waals surface area contributed by atoms with Crippen LogP contribution in [0.3, 0.4) is 0 Å². The Hall–Kier alpha value is -0.110. The molecular formula is C5H8BrN. The van der Waals surface area contributed by atoms with Gasteiger partial charge in [-0.2, -0.15) is 0 Å². The van der Waals surface area contributed by atoms with E-state index in [-0.39, 0.29) is 17.0 Å². The first kappa shape index (κ1) is 6.89. The average molecular weight is 162 g/mol. The van der Waals surface area contributed by atoms with Crippen molar-refractivity contribution in [3.05, 3.63) is 11.6 Å². The average Bonchev–Trinajstić information content (AvgIpc) is 1.86. The van der Waals surface area contributed by atoms with E-state index in [9.17, 15) is 0 Å². The fraction of sp³-hybridized carbons (Fsp3) is 0.400. The molecule has 0 aromatic rings. The predicted molar refractivity (Wildman–Crippen MR) is 37.4 cm³/mol. The van der Waals surface area contributed by atoms with Gasteiger partial charge in [0.1, 0.15) is 0 Å². The summed E-state index contributed by atoms with van der Waals surface area (Å²) in [5.74, 6) is 0. The van der Waals surface area contributed by atoms with Crippen LogP contribution in [-0.2, 0) is 0 Å². The lowest BCUT2D eigenvalue weighted by molar-refractivity contribution is 1.18. The van der Waals surface area contributed by atoms with Crippen molar-refractivity contribution in [1.82, 2.24) is 0 Å². The van der Waals surface area contributed by atoms with E-state index >= 15 is 0 Å². The summed E-state index contributed by atoms with van der Waals surface area (Å²) in [7, 11) is 0. The van der Waals surface area contributed by atoms with Crippen molar-refractivity contribution in [3.8, 4) is 0 Å². The molecule has 0 aliphatic carbocycles. The highest BCUT2D eigenvalue weighted by Crippen LogP contribution is 1.95. The van der Waals surface area contributed by atoms with Crippen molar-refractivity contribution in [3.63, 3.8) is 0 Å². The number of hydrogen-bond donors (Lipinski definition) is 0. The van der Waals surface area contributed by atoms with Gasteiger partial charge in [-0.3, -0.25) is 4.99 Å². The fourth-order valence-corrected chi connectivity index (χ4v) is 0.429. The van der Waals surface area contributed by atoms with Gasteiger partial charge < -0.3 is 0 Å². The van der Waals surface area contributed by atoms with Crippen molar-refractivity contribution in [2.45, 2.75) is 6.92 Å². The van der Waals surface area contributed by atoms with Gasteiger partial charge >= 0.3 is 0 Å². The molecule has 7 heavy (non-hydrogen) atoms. The van der Waals surface area contributed by atoms with Gasteiger partial charge in [0.05, 0.1) is 6.54 Å². The molecule has 0 spiro atoms. The zero-order chi connectivity index (χ0) is 4.41. The second-order valence-corrected chi connectivity index (χ2v) is 1.50. The topological polar surface area (TPSA) is 12.4 Å². The standard InChI is InChI=1S/C5H7N.BrH/c1-5-2-3-6-4-5;/h2-3H,4H2,1H3;1H. The molecule has 1 aliphatic rings. The highest BCUT2D eigenvalue weighted by molar-refractivity contribution is 8.93. The summed E-state index contributed by atoms with van der Waals surface area (Å²) in [5, 5.41) is 0. The van der Waals surface area contributed by atoms with Gasteiger partial charge in [0, 0.05) is 6.21 Å². The van der Waals surface area contributed by atoms with Crippen LogP contribution in [0.5, 0.6) is 0 Å². The summed E-state index contributed by atoms with van der Waals surface area (Å²) in [4.78, 5) is 3.95. The Kier molecular flexibility index (Phi) is 2.92. The molecule has 0 N–H and O–H groups in total. The van der Waals surface area contributed by atoms with Crippen LogP contribution < -0.4 is 0 Å². The van der Waals surface area contributed by atoms with E-state index in [1.807, 2.05) is 12.3 Å². The highest BCUT2D eigenvalue weighted by Gasteiger charge is 1.87. The largest absolute Gasteiger partial charge is 0.289 e. The van der Waals surface area contributed by atoms with Crippen LogP contribution in [-0.4, -0.2) is 12.8 Å². The van der Waals surface area contributed by atoms with Crippen LogP contribution in [0.15, 0.2) is 16.6 Å². The maximum Gasteiger partial charge on any atom is 0.0600 e. The molecule has 0 aromatic heterocycles. The molecule has 1 aliphatic heterocycles. The van der Waals surface area contributed by atoms with E-state index in [1.54, 1.807) is 0 Å². The van der Waals surface area contributed by atoms with E-state index in [4.69, 9.17) is 0 Å². The minimum absolute atomic E-state index is 0. The van der Waals surface area contributed by atoms with E-state index in [0.29, 0.717) is 0 Å². The third-order valence-electron chi connectivity index (χ3n) is 0.805. The molecule has 0 radical (unpaired) electrons. The Labute approximate surface area is 53.9 Å². The van der Waals surface area contributed by atoms with Crippen LogP contribution >= 0.6 is 17.0 Å². The molecule has 0 amide bonds. The van der Waals surface area contributed by atoms with Gasteiger partial charge in [0.25, 0.3) is 0 Å². The smallest absolute Gasteiger partial charge is 0.0600 e. The van der Waals surface area contributed by atoms with E-state index in [2.05, 4.69) is 11.9 Å². The normalized spacial score (nSPS) is 15.9. The summed E-state index contributed by atoms with van der Waals surface area (Å²) < 4.78 is 0. The van der Waals surface area contributed by atoms with E-state index in [1.165, 1.54) is 5.57 Å². The first-order valence-electron chi connectivity index (χ1n) is 2.05. The molecule has 0 aromatic carbocycles. The van der Waals surface area contributed by atoms with Gasteiger partial charge in [-0.15, -0.1) is 17.0 Å². The molecule has 0 fully saturated rings. The zero-order valence-electron chi connectivity index (χ0n) is 4.22. The minimum Gasteiger partial charge on any atom is -0.289 e. The van der Waals surface area contributed by atoms with Gasteiger partial charge in [-0.1, -0.05) is 5.57 Å². The molecule has 0 atom stereocenters. The third kappa shape index (κ3) is 1.88. The maximum atomic E-state index is 3.95. The fourth-order valence-electron chi connectivity index (χ4n) is 0.429. The SMILES string of the molecule is Br.CC1=CC=NC1. The predicted octanol–water partition coefficient (Wildman–Crippen LogP) is 1.59. The van der Waals surface area contributed by atoms with Crippen LogP contribution in [0.1, 0.15) is 6.92 Å². The zero-order valence-corrected chi connectivity index (χ0v) is 5.93. The molecule has 0 saturated heterocycles. The molecule has 0 unspecified atom stereocenters. The van der Waals surface area contributed by atoms with Crippen molar-refractivity contribution >= 4 is 23.2 Å². The van der Waals surface area contributed by atoms with Gasteiger partial charge in [-0.05, 0) is 13.0 Å². The van der Waals surface area contributed by atoms with Crippen molar-refractivity contribution in [2.24, 2.45) is 4.99 Å². The maximum absolute atomic E-state index is 3.95.